The first kappa shape index (κ1) is 11.1. The normalized spacial score (nSPS) is 16.8. The second-order valence-corrected chi connectivity index (χ2v) is 5.59. The van der Waals surface area contributed by atoms with Crippen LogP contribution in [0.25, 0.3) is 10.9 Å². The maximum atomic E-state index is 4.63. The first-order chi connectivity index (χ1) is 8.24. The van der Waals surface area contributed by atoms with E-state index in [2.05, 4.69) is 51.0 Å². The van der Waals surface area contributed by atoms with Crippen LogP contribution >= 0.6 is 15.9 Å². The van der Waals surface area contributed by atoms with Crippen molar-refractivity contribution in [2.45, 2.75) is 38.5 Å². The van der Waals surface area contributed by atoms with Crippen LogP contribution in [-0.4, -0.2) is 9.97 Å². The minimum absolute atomic E-state index is 0.624. The Kier molecular flexibility index (Phi) is 2.87. The molecule has 0 aliphatic heterocycles. The Morgan fingerprint density at radius 2 is 1.94 bits per heavy atom. The van der Waals surface area contributed by atoms with Gasteiger partial charge in [-0.3, -0.25) is 0 Å². The summed E-state index contributed by atoms with van der Waals surface area (Å²) >= 11 is 3.43. The van der Waals surface area contributed by atoms with Gasteiger partial charge in [-0.1, -0.05) is 24.5 Å². The van der Waals surface area contributed by atoms with E-state index in [-0.39, 0.29) is 0 Å². The van der Waals surface area contributed by atoms with Crippen molar-refractivity contribution in [1.29, 1.82) is 0 Å². The zero-order chi connectivity index (χ0) is 11.8. The predicted molar refractivity (Wildman–Crippen MR) is 73.2 cm³/mol. The van der Waals surface area contributed by atoms with E-state index in [1.807, 2.05) is 0 Å². The SMILES string of the molecule is Cc1ccc2nc(Br)nc(C3CCCC3)c2c1. The highest BCUT2D eigenvalue weighted by atomic mass is 79.9. The summed E-state index contributed by atoms with van der Waals surface area (Å²) in [5, 5.41) is 1.24. The fourth-order valence-electron chi connectivity index (χ4n) is 2.75. The minimum Gasteiger partial charge on any atom is -0.226 e. The standard InChI is InChI=1S/C14H15BrN2/c1-9-6-7-12-11(8-9)13(17-14(15)16-12)10-4-2-3-5-10/h6-8,10H,2-5H2,1H3. The number of hydrogen-bond acceptors (Lipinski definition) is 2. The Labute approximate surface area is 110 Å². The second-order valence-electron chi connectivity index (χ2n) is 4.88. The lowest BCUT2D eigenvalue weighted by Gasteiger charge is -2.12. The van der Waals surface area contributed by atoms with Crippen molar-refractivity contribution in [3.05, 3.63) is 34.2 Å². The molecule has 2 aromatic rings. The predicted octanol–water partition coefficient (Wildman–Crippen LogP) is 4.36. The third-order valence-electron chi connectivity index (χ3n) is 3.60. The topological polar surface area (TPSA) is 25.8 Å². The number of nitrogens with zero attached hydrogens (tertiary/aromatic N) is 2. The van der Waals surface area contributed by atoms with Gasteiger partial charge in [0.1, 0.15) is 0 Å². The van der Waals surface area contributed by atoms with Crippen LogP contribution in [0.3, 0.4) is 0 Å². The van der Waals surface area contributed by atoms with Crippen LogP contribution in [0.2, 0.25) is 0 Å². The van der Waals surface area contributed by atoms with E-state index >= 15 is 0 Å². The second kappa shape index (κ2) is 4.37. The van der Waals surface area contributed by atoms with Gasteiger partial charge < -0.3 is 0 Å². The molecule has 2 nitrogen and oxygen atoms in total. The Hall–Kier alpha value is -0.960. The van der Waals surface area contributed by atoms with Crippen LogP contribution in [0.5, 0.6) is 0 Å². The smallest absolute Gasteiger partial charge is 0.197 e. The molecule has 0 N–H and O–H groups in total. The van der Waals surface area contributed by atoms with Gasteiger partial charge in [0, 0.05) is 11.3 Å². The van der Waals surface area contributed by atoms with Crippen molar-refractivity contribution >= 4 is 26.8 Å². The van der Waals surface area contributed by atoms with Crippen molar-refractivity contribution in [3.8, 4) is 0 Å². The van der Waals surface area contributed by atoms with Crippen molar-refractivity contribution in [2.75, 3.05) is 0 Å². The van der Waals surface area contributed by atoms with E-state index in [0.29, 0.717) is 5.92 Å². The van der Waals surface area contributed by atoms with Gasteiger partial charge >= 0.3 is 0 Å². The number of hydrogen-bond donors (Lipinski definition) is 0. The summed E-state index contributed by atoms with van der Waals surface area (Å²) in [5.41, 5.74) is 3.57. The number of halogens is 1. The number of aromatic nitrogens is 2. The molecule has 1 aromatic heterocycles. The first-order valence-electron chi connectivity index (χ1n) is 6.18. The number of rotatable bonds is 1. The van der Waals surface area contributed by atoms with Gasteiger partial charge in [0.2, 0.25) is 0 Å². The molecule has 17 heavy (non-hydrogen) atoms. The van der Waals surface area contributed by atoms with E-state index in [9.17, 15) is 0 Å². The molecule has 0 saturated heterocycles. The molecular weight excluding hydrogens is 276 g/mol. The molecule has 0 atom stereocenters. The van der Waals surface area contributed by atoms with E-state index in [4.69, 9.17) is 0 Å². The molecule has 1 heterocycles. The summed E-state index contributed by atoms with van der Waals surface area (Å²) in [5.74, 6) is 0.624. The molecule has 3 heteroatoms. The fraction of sp³-hybridized carbons (Fsp3) is 0.429. The van der Waals surface area contributed by atoms with Crippen LogP contribution < -0.4 is 0 Å². The summed E-state index contributed by atoms with van der Waals surface area (Å²) < 4.78 is 0.718. The van der Waals surface area contributed by atoms with Crippen LogP contribution in [-0.2, 0) is 0 Å². The van der Waals surface area contributed by atoms with E-state index < -0.39 is 0 Å². The van der Waals surface area contributed by atoms with Crippen LogP contribution in [0.15, 0.2) is 22.9 Å². The zero-order valence-corrected chi connectivity index (χ0v) is 11.5. The van der Waals surface area contributed by atoms with Gasteiger partial charge in [0.15, 0.2) is 4.73 Å². The number of fused-ring (bicyclic) bond motifs is 1. The lowest BCUT2D eigenvalue weighted by molar-refractivity contribution is 0.700. The third kappa shape index (κ3) is 2.08. The Morgan fingerprint density at radius 1 is 1.18 bits per heavy atom. The summed E-state index contributed by atoms with van der Waals surface area (Å²) in [6.07, 6.45) is 5.21. The summed E-state index contributed by atoms with van der Waals surface area (Å²) in [7, 11) is 0. The highest BCUT2D eigenvalue weighted by Crippen LogP contribution is 2.36. The first-order valence-corrected chi connectivity index (χ1v) is 6.97. The fourth-order valence-corrected chi connectivity index (χ4v) is 3.13. The lowest BCUT2D eigenvalue weighted by atomic mass is 9.98. The monoisotopic (exact) mass is 290 g/mol. The van der Waals surface area contributed by atoms with E-state index in [1.54, 1.807) is 0 Å². The molecule has 0 unspecified atom stereocenters. The van der Waals surface area contributed by atoms with Crippen LogP contribution in [0.4, 0.5) is 0 Å². The average molecular weight is 291 g/mol. The molecule has 1 saturated carbocycles. The molecule has 1 aliphatic rings. The van der Waals surface area contributed by atoms with Gasteiger partial charge in [-0.2, -0.15) is 0 Å². The largest absolute Gasteiger partial charge is 0.226 e. The molecule has 88 valence electrons. The molecule has 0 spiro atoms. The number of aryl methyl sites for hydroxylation is 1. The molecule has 1 fully saturated rings. The van der Waals surface area contributed by atoms with Gasteiger partial charge in [-0.15, -0.1) is 0 Å². The quantitative estimate of drug-likeness (QED) is 0.730. The summed E-state index contributed by atoms with van der Waals surface area (Å²) in [6.45, 7) is 2.12. The van der Waals surface area contributed by atoms with Gasteiger partial charge in [0.25, 0.3) is 0 Å². The Balaban J connectivity index is 2.23. The lowest BCUT2D eigenvalue weighted by Crippen LogP contribution is -2.00. The van der Waals surface area contributed by atoms with Crippen molar-refractivity contribution < 1.29 is 0 Å². The van der Waals surface area contributed by atoms with Gasteiger partial charge in [-0.05, 0) is 47.8 Å². The van der Waals surface area contributed by atoms with E-state index in [0.717, 1.165) is 10.3 Å². The molecule has 1 aromatic carbocycles. The number of benzene rings is 1. The molecule has 3 rings (SSSR count). The van der Waals surface area contributed by atoms with Gasteiger partial charge in [0.05, 0.1) is 11.2 Å². The highest BCUT2D eigenvalue weighted by molar-refractivity contribution is 9.10. The van der Waals surface area contributed by atoms with Crippen molar-refractivity contribution in [1.82, 2.24) is 9.97 Å². The Bertz CT molecular complexity index is 559. The zero-order valence-electron chi connectivity index (χ0n) is 9.91. The molecular formula is C14H15BrN2. The maximum Gasteiger partial charge on any atom is 0.197 e. The summed E-state index contributed by atoms with van der Waals surface area (Å²) in [6, 6.07) is 6.42. The van der Waals surface area contributed by atoms with Crippen molar-refractivity contribution in [2.24, 2.45) is 0 Å². The van der Waals surface area contributed by atoms with E-state index in [1.165, 1.54) is 42.3 Å². The highest BCUT2D eigenvalue weighted by Gasteiger charge is 2.21. The van der Waals surface area contributed by atoms with Crippen LogP contribution in [0, 0.1) is 6.92 Å². The molecule has 0 amide bonds. The average Bonchev–Trinajstić information content (AvgIpc) is 2.82. The molecule has 1 aliphatic carbocycles. The molecule has 0 radical (unpaired) electrons. The van der Waals surface area contributed by atoms with Crippen molar-refractivity contribution in [3.63, 3.8) is 0 Å². The Morgan fingerprint density at radius 3 is 2.71 bits per heavy atom. The minimum atomic E-state index is 0.624. The molecule has 0 bridgehead atoms. The van der Waals surface area contributed by atoms with Crippen LogP contribution in [0.1, 0.15) is 42.9 Å². The maximum absolute atomic E-state index is 4.63. The third-order valence-corrected chi connectivity index (χ3v) is 3.95. The summed E-state index contributed by atoms with van der Waals surface area (Å²) in [4.78, 5) is 9.08. The van der Waals surface area contributed by atoms with Gasteiger partial charge in [-0.25, -0.2) is 9.97 Å².